The largest absolute Gasteiger partial charge is 0.507 e. The third-order valence-corrected chi connectivity index (χ3v) is 3.26. The van der Waals surface area contributed by atoms with Crippen LogP contribution in [0.5, 0.6) is 5.75 Å². The first-order valence-corrected chi connectivity index (χ1v) is 6.53. The van der Waals surface area contributed by atoms with Crippen molar-refractivity contribution in [3.05, 3.63) is 32.9 Å². The summed E-state index contributed by atoms with van der Waals surface area (Å²) in [6.07, 6.45) is 1.38. The summed E-state index contributed by atoms with van der Waals surface area (Å²) in [4.78, 5) is 23.5. The molecule has 0 bridgehead atoms. The van der Waals surface area contributed by atoms with Crippen molar-refractivity contribution in [3.63, 3.8) is 0 Å². The second-order valence-corrected chi connectivity index (χ2v) is 5.61. The number of carbonyl (C=O) groups is 2. The predicted octanol–water partition coefficient (Wildman–Crippen LogP) is 2.22. The Morgan fingerprint density at radius 3 is 2.32 bits per heavy atom. The number of phenols is 1. The number of rotatable bonds is 1. The Kier molecular flexibility index (Phi) is 3.53. The lowest BCUT2D eigenvalue weighted by Gasteiger charge is -2.29. The Morgan fingerprint density at radius 2 is 1.79 bits per heavy atom. The van der Waals surface area contributed by atoms with Gasteiger partial charge in [-0.25, -0.2) is 9.59 Å². The SMILES string of the molecule is CC1(C)OC(=O)C(=Cc2ccc(O)c(I)c2)C(=O)O1. The van der Waals surface area contributed by atoms with Crippen LogP contribution in [0.25, 0.3) is 6.08 Å². The first-order valence-electron chi connectivity index (χ1n) is 5.45. The number of phenolic OH excluding ortho intramolecular Hbond substituents is 1. The molecule has 1 aromatic carbocycles. The van der Waals surface area contributed by atoms with Gasteiger partial charge in [-0.2, -0.15) is 0 Å². The van der Waals surface area contributed by atoms with Crippen molar-refractivity contribution in [1.82, 2.24) is 0 Å². The predicted molar refractivity (Wildman–Crippen MR) is 75.1 cm³/mol. The van der Waals surface area contributed by atoms with Crippen molar-refractivity contribution in [2.75, 3.05) is 0 Å². The van der Waals surface area contributed by atoms with Crippen LogP contribution in [0.15, 0.2) is 23.8 Å². The van der Waals surface area contributed by atoms with Crippen LogP contribution >= 0.6 is 22.6 Å². The minimum Gasteiger partial charge on any atom is -0.507 e. The van der Waals surface area contributed by atoms with Gasteiger partial charge in [0.2, 0.25) is 0 Å². The summed E-state index contributed by atoms with van der Waals surface area (Å²) >= 11 is 1.95. The Morgan fingerprint density at radius 1 is 1.21 bits per heavy atom. The molecular weight excluding hydrogens is 363 g/mol. The van der Waals surface area contributed by atoms with Crippen LogP contribution in [0.4, 0.5) is 0 Å². The first-order chi connectivity index (χ1) is 8.78. The minimum absolute atomic E-state index is 0.137. The minimum atomic E-state index is -1.24. The highest BCUT2D eigenvalue weighted by atomic mass is 127. The molecule has 1 aliphatic rings. The van der Waals surface area contributed by atoms with Crippen LogP contribution in [0.2, 0.25) is 0 Å². The summed E-state index contributed by atoms with van der Waals surface area (Å²) < 4.78 is 10.6. The van der Waals surface area contributed by atoms with Crippen molar-refractivity contribution in [1.29, 1.82) is 0 Å². The van der Waals surface area contributed by atoms with Gasteiger partial charge in [0.05, 0.1) is 3.57 Å². The molecule has 1 aromatic rings. The van der Waals surface area contributed by atoms with Gasteiger partial charge in [-0.05, 0) is 46.4 Å². The smallest absolute Gasteiger partial charge is 0.348 e. The van der Waals surface area contributed by atoms with Crippen LogP contribution in [-0.2, 0) is 19.1 Å². The molecule has 1 N–H and O–H groups in total. The zero-order chi connectivity index (χ0) is 14.2. The van der Waals surface area contributed by atoms with Crippen LogP contribution in [0.1, 0.15) is 19.4 Å². The van der Waals surface area contributed by atoms with Gasteiger partial charge >= 0.3 is 11.9 Å². The lowest BCUT2D eigenvalue weighted by Crippen LogP contribution is -2.41. The Hall–Kier alpha value is -1.57. The summed E-state index contributed by atoms with van der Waals surface area (Å²) in [5.41, 5.74) is 0.437. The van der Waals surface area contributed by atoms with Gasteiger partial charge < -0.3 is 14.6 Å². The topological polar surface area (TPSA) is 72.8 Å². The highest BCUT2D eigenvalue weighted by Gasteiger charge is 2.38. The van der Waals surface area contributed by atoms with Crippen molar-refractivity contribution < 1.29 is 24.2 Å². The van der Waals surface area contributed by atoms with Gasteiger partial charge in [-0.15, -0.1) is 0 Å². The van der Waals surface area contributed by atoms with Crippen LogP contribution in [0.3, 0.4) is 0 Å². The van der Waals surface area contributed by atoms with E-state index in [4.69, 9.17) is 9.47 Å². The van der Waals surface area contributed by atoms with Crippen molar-refractivity contribution in [3.8, 4) is 5.75 Å². The van der Waals surface area contributed by atoms with Crippen LogP contribution < -0.4 is 0 Å². The van der Waals surface area contributed by atoms with Crippen molar-refractivity contribution in [2.45, 2.75) is 19.6 Å². The number of carbonyl (C=O) groups excluding carboxylic acids is 2. The molecule has 1 fully saturated rings. The molecule has 0 unspecified atom stereocenters. The molecule has 2 rings (SSSR count). The molecule has 0 spiro atoms. The highest BCUT2D eigenvalue weighted by Crippen LogP contribution is 2.26. The molecule has 0 atom stereocenters. The van der Waals surface area contributed by atoms with E-state index in [1.54, 1.807) is 12.1 Å². The number of benzene rings is 1. The molecule has 0 aromatic heterocycles. The van der Waals surface area contributed by atoms with E-state index in [1.807, 2.05) is 22.6 Å². The number of aromatic hydroxyl groups is 1. The fraction of sp³-hybridized carbons (Fsp3) is 0.231. The monoisotopic (exact) mass is 374 g/mol. The zero-order valence-corrected chi connectivity index (χ0v) is 12.4. The second-order valence-electron chi connectivity index (χ2n) is 4.45. The summed E-state index contributed by atoms with van der Waals surface area (Å²) in [7, 11) is 0. The van der Waals surface area contributed by atoms with E-state index in [0.717, 1.165) is 0 Å². The molecule has 0 aliphatic carbocycles. The van der Waals surface area contributed by atoms with Gasteiger partial charge in [0, 0.05) is 13.8 Å². The van der Waals surface area contributed by atoms with Crippen molar-refractivity contribution >= 4 is 40.6 Å². The van der Waals surface area contributed by atoms with E-state index in [2.05, 4.69) is 0 Å². The molecule has 100 valence electrons. The molecule has 0 amide bonds. The third kappa shape index (κ3) is 3.06. The Balaban J connectivity index is 2.35. The van der Waals surface area contributed by atoms with E-state index >= 15 is 0 Å². The molecule has 6 heteroatoms. The van der Waals surface area contributed by atoms with E-state index in [-0.39, 0.29) is 11.3 Å². The van der Waals surface area contributed by atoms with Crippen LogP contribution in [0, 0.1) is 3.57 Å². The normalized spacial score (nSPS) is 17.7. The van der Waals surface area contributed by atoms with Gasteiger partial charge in [0.1, 0.15) is 11.3 Å². The molecule has 19 heavy (non-hydrogen) atoms. The standard InChI is InChI=1S/C13H11IO5/c1-13(2)18-11(16)8(12(17)19-13)5-7-3-4-10(15)9(14)6-7/h3-6,15H,1-2H3. The molecule has 1 aliphatic heterocycles. The Bertz CT molecular complexity index is 567. The Labute approximate surface area is 123 Å². The molecule has 0 radical (unpaired) electrons. The van der Waals surface area contributed by atoms with E-state index in [9.17, 15) is 14.7 Å². The maximum absolute atomic E-state index is 11.7. The van der Waals surface area contributed by atoms with Crippen molar-refractivity contribution in [2.24, 2.45) is 0 Å². The zero-order valence-electron chi connectivity index (χ0n) is 10.3. The second kappa shape index (κ2) is 4.84. The number of cyclic esters (lactones) is 2. The number of halogens is 1. The maximum atomic E-state index is 11.7. The maximum Gasteiger partial charge on any atom is 0.348 e. The fourth-order valence-electron chi connectivity index (χ4n) is 1.56. The highest BCUT2D eigenvalue weighted by molar-refractivity contribution is 14.1. The molecule has 1 heterocycles. The number of hydrogen-bond acceptors (Lipinski definition) is 5. The van der Waals surface area contributed by atoms with E-state index in [0.29, 0.717) is 9.13 Å². The summed E-state index contributed by atoms with van der Waals surface area (Å²) in [6, 6.07) is 4.71. The average Bonchev–Trinajstić information content (AvgIpc) is 2.27. The number of ether oxygens (including phenoxy) is 2. The molecular formula is C13H11IO5. The molecule has 5 nitrogen and oxygen atoms in total. The van der Waals surface area contributed by atoms with Gasteiger partial charge in [-0.1, -0.05) is 6.07 Å². The first kappa shape index (κ1) is 13.9. The quantitative estimate of drug-likeness (QED) is 0.353. The summed E-state index contributed by atoms with van der Waals surface area (Å²) in [6.45, 7) is 2.98. The summed E-state index contributed by atoms with van der Waals surface area (Å²) in [5.74, 6) is -2.54. The van der Waals surface area contributed by atoms with Crippen LogP contribution in [-0.4, -0.2) is 22.8 Å². The lowest BCUT2D eigenvalue weighted by molar-refractivity contribution is -0.222. The summed E-state index contributed by atoms with van der Waals surface area (Å²) in [5, 5.41) is 9.41. The van der Waals surface area contributed by atoms with Gasteiger partial charge in [0.15, 0.2) is 0 Å². The number of hydrogen-bond donors (Lipinski definition) is 1. The molecule has 1 saturated heterocycles. The van der Waals surface area contributed by atoms with E-state index in [1.165, 1.54) is 26.0 Å². The third-order valence-electron chi connectivity index (χ3n) is 2.40. The average molecular weight is 374 g/mol. The van der Waals surface area contributed by atoms with Gasteiger partial charge in [0.25, 0.3) is 5.79 Å². The fourth-order valence-corrected chi connectivity index (χ4v) is 2.10. The van der Waals surface area contributed by atoms with Gasteiger partial charge in [-0.3, -0.25) is 0 Å². The number of esters is 2. The van der Waals surface area contributed by atoms with E-state index < -0.39 is 17.7 Å². The lowest BCUT2D eigenvalue weighted by atomic mass is 10.1. The molecule has 0 saturated carbocycles.